The van der Waals surface area contributed by atoms with E-state index in [9.17, 15) is 14.4 Å². The molecule has 1 aromatic heterocycles. The molecule has 0 saturated carbocycles. The number of nitrogens with zero attached hydrogens (tertiary/aromatic N) is 1. The topological polar surface area (TPSA) is 114 Å². The van der Waals surface area contributed by atoms with Gasteiger partial charge in [-0.1, -0.05) is 12.1 Å². The van der Waals surface area contributed by atoms with Gasteiger partial charge in [0.25, 0.3) is 5.91 Å². The Morgan fingerprint density at radius 1 is 1.25 bits per heavy atom. The third-order valence-corrected chi connectivity index (χ3v) is 6.57. The molecule has 1 aliphatic heterocycles. The van der Waals surface area contributed by atoms with Crippen molar-refractivity contribution in [1.29, 1.82) is 0 Å². The standard InChI is InChI=1S/C22H27IN4O4S/c1-22(2,3)31-21(30)27-9-5-8-15(12-27)25-19(28)18-16(26-20(24)29)11-17(32-18)13-6-4-7-14(23)10-13/h4,6-7,10-11,15H,5,8-9,12H2,1-3H3,(H,25,28)(H3,24,26,29)/t15-/m0/s1. The number of carbonyl (C=O) groups excluding carboxylic acids is 3. The molecular weight excluding hydrogens is 543 g/mol. The number of piperidine rings is 1. The van der Waals surface area contributed by atoms with Gasteiger partial charge in [-0.05, 0) is 80.0 Å². The van der Waals surface area contributed by atoms with Gasteiger partial charge < -0.3 is 26.0 Å². The summed E-state index contributed by atoms with van der Waals surface area (Å²) in [6.45, 7) is 6.43. The molecular formula is C22H27IN4O4S. The number of halogens is 1. The van der Waals surface area contributed by atoms with E-state index in [1.165, 1.54) is 11.3 Å². The Morgan fingerprint density at radius 2 is 2.00 bits per heavy atom. The number of anilines is 1. The van der Waals surface area contributed by atoms with Crippen LogP contribution in [0.2, 0.25) is 0 Å². The first kappa shape index (κ1) is 24.3. The van der Waals surface area contributed by atoms with E-state index in [2.05, 4.69) is 33.2 Å². The number of rotatable bonds is 4. The lowest BCUT2D eigenvalue weighted by molar-refractivity contribution is 0.0185. The molecule has 0 unspecified atom stereocenters. The van der Waals surface area contributed by atoms with Crippen LogP contribution in [0.15, 0.2) is 30.3 Å². The Kier molecular flexibility index (Phi) is 7.65. The van der Waals surface area contributed by atoms with Crippen molar-refractivity contribution < 1.29 is 19.1 Å². The second-order valence-electron chi connectivity index (χ2n) is 8.59. The van der Waals surface area contributed by atoms with Crippen LogP contribution >= 0.6 is 33.9 Å². The maximum absolute atomic E-state index is 13.1. The molecule has 0 radical (unpaired) electrons. The first-order valence-corrected chi connectivity index (χ1v) is 12.2. The molecule has 1 fully saturated rings. The minimum absolute atomic E-state index is 0.214. The van der Waals surface area contributed by atoms with E-state index in [4.69, 9.17) is 10.5 Å². The van der Waals surface area contributed by atoms with Crippen molar-refractivity contribution in [2.24, 2.45) is 5.73 Å². The van der Waals surface area contributed by atoms with E-state index in [1.54, 1.807) is 11.0 Å². The van der Waals surface area contributed by atoms with E-state index in [1.807, 2.05) is 45.0 Å². The number of primary amides is 1. The molecule has 1 saturated heterocycles. The first-order valence-electron chi connectivity index (χ1n) is 10.3. The van der Waals surface area contributed by atoms with Gasteiger partial charge in [0.05, 0.1) is 5.69 Å². The minimum Gasteiger partial charge on any atom is -0.444 e. The number of benzene rings is 1. The molecule has 0 aliphatic carbocycles. The van der Waals surface area contributed by atoms with Crippen LogP contribution in [-0.4, -0.2) is 47.7 Å². The summed E-state index contributed by atoms with van der Waals surface area (Å²) in [7, 11) is 0. The van der Waals surface area contributed by atoms with Gasteiger partial charge in [-0.25, -0.2) is 9.59 Å². The van der Waals surface area contributed by atoms with Crippen LogP contribution in [0.4, 0.5) is 15.3 Å². The van der Waals surface area contributed by atoms with Crippen molar-refractivity contribution in [3.63, 3.8) is 0 Å². The Hall–Kier alpha value is -2.34. The van der Waals surface area contributed by atoms with Crippen LogP contribution in [0.3, 0.4) is 0 Å². The zero-order chi connectivity index (χ0) is 23.5. The summed E-state index contributed by atoms with van der Waals surface area (Å²) in [5.74, 6) is -0.313. The summed E-state index contributed by atoms with van der Waals surface area (Å²) in [5, 5.41) is 5.55. The summed E-state index contributed by atoms with van der Waals surface area (Å²) in [4.78, 5) is 39.8. The van der Waals surface area contributed by atoms with Gasteiger partial charge in [0.15, 0.2) is 0 Å². The molecule has 2 heterocycles. The van der Waals surface area contributed by atoms with Crippen LogP contribution in [0, 0.1) is 3.57 Å². The van der Waals surface area contributed by atoms with Crippen LogP contribution in [0.25, 0.3) is 10.4 Å². The first-order chi connectivity index (χ1) is 15.0. The largest absolute Gasteiger partial charge is 0.444 e. The van der Waals surface area contributed by atoms with E-state index in [-0.39, 0.29) is 18.0 Å². The molecule has 2 aromatic rings. The molecule has 3 rings (SSSR count). The zero-order valence-electron chi connectivity index (χ0n) is 18.2. The zero-order valence-corrected chi connectivity index (χ0v) is 21.2. The molecule has 4 amide bonds. The van der Waals surface area contributed by atoms with Crippen molar-refractivity contribution in [2.45, 2.75) is 45.3 Å². The number of carbonyl (C=O) groups is 3. The summed E-state index contributed by atoms with van der Waals surface area (Å²) in [6.07, 6.45) is 1.12. The lowest BCUT2D eigenvalue weighted by atomic mass is 10.1. The van der Waals surface area contributed by atoms with Crippen molar-refractivity contribution in [2.75, 3.05) is 18.4 Å². The number of likely N-dealkylation sites (tertiary alicyclic amines) is 1. The third-order valence-electron chi connectivity index (χ3n) is 4.71. The van der Waals surface area contributed by atoms with Crippen LogP contribution in [0.5, 0.6) is 0 Å². The number of ether oxygens (including phenoxy) is 1. The minimum atomic E-state index is -0.736. The Morgan fingerprint density at radius 3 is 2.66 bits per heavy atom. The fourth-order valence-corrected chi connectivity index (χ4v) is 4.96. The van der Waals surface area contributed by atoms with Crippen LogP contribution in [0.1, 0.15) is 43.3 Å². The number of nitrogens with one attached hydrogen (secondary N) is 2. The van der Waals surface area contributed by atoms with E-state index >= 15 is 0 Å². The van der Waals surface area contributed by atoms with Gasteiger partial charge >= 0.3 is 12.1 Å². The molecule has 172 valence electrons. The summed E-state index contributed by atoms with van der Waals surface area (Å²) in [5.41, 5.74) is 6.05. The molecule has 4 N–H and O–H groups in total. The number of urea groups is 1. The lowest BCUT2D eigenvalue weighted by Gasteiger charge is -2.34. The number of amides is 4. The predicted octanol–water partition coefficient (Wildman–Crippen LogP) is 4.64. The molecule has 10 heteroatoms. The molecule has 8 nitrogen and oxygen atoms in total. The second-order valence-corrected chi connectivity index (χ2v) is 10.9. The van der Waals surface area contributed by atoms with Crippen LogP contribution in [-0.2, 0) is 4.74 Å². The maximum atomic E-state index is 13.1. The van der Waals surface area contributed by atoms with Crippen LogP contribution < -0.4 is 16.4 Å². The average Bonchev–Trinajstić information content (AvgIpc) is 3.10. The number of nitrogens with two attached hydrogens (primary N) is 1. The highest BCUT2D eigenvalue weighted by Gasteiger charge is 2.29. The quantitative estimate of drug-likeness (QED) is 0.465. The Balaban J connectivity index is 1.76. The molecule has 1 aliphatic rings. The molecule has 1 aromatic carbocycles. The van der Waals surface area contributed by atoms with Gasteiger partial charge in [-0.3, -0.25) is 4.79 Å². The van der Waals surface area contributed by atoms with E-state index < -0.39 is 11.6 Å². The third kappa shape index (κ3) is 6.58. The van der Waals surface area contributed by atoms with Crippen molar-refractivity contribution in [3.8, 4) is 10.4 Å². The maximum Gasteiger partial charge on any atom is 0.410 e. The molecule has 0 bridgehead atoms. The SMILES string of the molecule is CC(C)(C)OC(=O)N1CCC[C@H](NC(=O)c2sc(-c3cccc(I)c3)cc2NC(N)=O)C1. The monoisotopic (exact) mass is 570 g/mol. The molecule has 0 spiro atoms. The highest BCUT2D eigenvalue weighted by molar-refractivity contribution is 14.1. The van der Waals surface area contributed by atoms with Crippen molar-refractivity contribution in [1.82, 2.24) is 10.2 Å². The van der Waals surface area contributed by atoms with Crippen molar-refractivity contribution >= 4 is 57.6 Å². The summed E-state index contributed by atoms with van der Waals surface area (Å²) in [6, 6.07) is 8.67. The average molecular weight is 570 g/mol. The smallest absolute Gasteiger partial charge is 0.410 e. The predicted molar refractivity (Wildman–Crippen MR) is 134 cm³/mol. The number of hydrogen-bond acceptors (Lipinski definition) is 5. The van der Waals surface area contributed by atoms with Gasteiger partial charge in [-0.15, -0.1) is 11.3 Å². The van der Waals surface area contributed by atoms with Gasteiger partial charge in [0.2, 0.25) is 0 Å². The Bertz CT molecular complexity index is 1020. The fourth-order valence-electron chi connectivity index (χ4n) is 3.41. The summed E-state index contributed by atoms with van der Waals surface area (Å²) >= 11 is 3.51. The number of thiophene rings is 1. The van der Waals surface area contributed by atoms with E-state index in [0.717, 1.165) is 26.9 Å². The summed E-state index contributed by atoms with van der Waals surface area (Å²) < 4.78 is 6.52. The van der Waals surface area contributed by atoms with Gasteiger partial charge in [-0.2, -0.15) is 0 Å². The van der Waals surface area contributed by atoms with Gasteiger partial charge in [0.1, 0.15) is 10.5 Å². The lowest BCUT2D eigenvalue weighted by Crippen LogP contribution is -2.50. The van der Waals surface area contributed by atoms with Gasteiger partial charge in [0, 0.05) is 27.6 Å². The highest BCUT2D eigenvalue weighted by Crippen LogP contribution is 2.35. The van der Waals surface area contributed by atoms with E-state index in [0.29, 0.717) is 23.7 Å². The Labute approximate surface area is 205 Å². The fraction of sp³-hybridized carbons (Fsp3) is 0.409. The second kappa shape index (κ2) is 10.1. The molecule has 32 heavy (non-hydrogen) atoms. The number of hydrogen-bond donors (Lipinski definition) is 3. The highest BCUT2D eigenvalue weighted by atomic mass is 127. The van der Waals surface area contributed by atoms with Crippen molar-refractivity contribution in [3.05, 3.63) is 38.8 Å². The normalized spacial score (nSPS) is 16.4. The molecule has 1 atom stereocenters.